The van der Waals surface area contributed by atoms with Crippen molar-refractivity contribution in [3.05, 3.63) is 64.7 Å². The SMILES string of the molecule is COc1ccc(CC[C@@]2(C)NC(=O)N(C[NH+](C)Cc3ccc(C)cc3C)C2=O)cc1. The van der Waals surface area contributed by atoms with Gasteiger partial charge in [0.25, 0.3) is 5.91 Å². The van der Waals surface area contributed by atoms with Crippen LogP contribution in [0.2, 0.25) is 0 Å². The highest BCUT2D eigenvalue weighted by Crippen LogP contribution is 2.23. The van der Waals surface area contributed by atoms with E-state index in [1.807, 2.05) is 38.2 Å². The molecule has 0 saturated carbocycles. The van der Waals surface area contributed by atoms with Crippen LogP contribution in [0.25, 0.3) is 0 Å². The number of carbonyl (C=O) groups is 2. The zero-order valence-corrected chi connectivity index (χ0v) is 18.5. The quantitative estimate of drug-likeness (QED) is 0.656. The summed E-state index contributed by atoms with van der Waals surface area (Å²) in [4.78, 5) is 28.1. The first-order valence-corrected chi connectivity index (χ1v) is 10.4. The van der Waals surface area contributed by atoms with Gasteiger partial charge >= 0.3 is 6.03 Å². The number of carbonyl (C=O) groups excluding carboxylic acids is 2. The minimum Gasteiger partial charge on any atom is -0.497 e. The number of rotatable bonds is 8. The van der Waals surface area contributed by atoms with Crippen LogP contribution < -0.4 is 15.0 Å². The Bertz CT molecular complexity index is 926. The second-order valence-corrected chi connectivity index (χ2v) is 8.57. The number of hydrogen-bond acceptors (Lipinski definition) is 3. The lowest BCUT2D eigenvalue weighted by Gasteiger charge is -2.23. The smallest absolute Gasteiger partial charge is 0.329 e. The molecule has 2 aromatic carbocycles. The maximum absolute atomic E-state index is 13.1. The van der Waals surface area contributed by atoms with Crippen molar-refractivity contribution in [3.8, 4) is 5.75 Å². The number of nitrogens with one attached hydrogen (secondary N) is 2. The Morgan fingerprint density at radius 3 is 2.43 bits per heavy atom. The third-order valence-electron chi connectivity index (χ3n) is 5.84. The molecule has 3 rings (SSSR count). The summed E-state index contributed by atoms with van der Waals surface area (Å²) in [5.74, 6) is 0.650. The molecule has 0 aromatic heterocycles. The summed E-state index contributed by atoms with van der Waals surface area (Å²) in [7, 11) is 3.64. The van der Waals surface area contributed by atoms with E-state index in [4.69, 9.17) is 4.74 Å². The Labute approximate surface area is 178 Å². The molecule has 6 heteroatoms. The molecular formula is C24H32N3O3+. The van der Waals surface area contributed by atoms with Crippen molar-refractivity contribution in [1.82, 2.24) is 10.2 Å². The fraction of sp³-hybridized carbons (Fsp3) is 0.417. The Balaban J connectivity index is 1.61. The van der Waals surface area contributed by atoms with Crippen LogP contribution in [-0.4, -0.2) is 43.2 Å². The van der Waals surface area contributed by atoms with Gasteiger partial charge in [-0.2, -0.15) is 0 Å². The zero-order chi connectivity index (χ0) is 21.9. The Morgan fingerprint density at radius 2 is 1.80 bits per heavy atom. The lowest BCUT2D eigenvalue weighted by molar-refractivity contribution is -0.901. The van der Waals surface area contributed by atoms with Crippen molar-refractivity contribution >= 4 is 11.9 Å². The molecule has 6 nitrogen and oxygen atoms in total. The molecule has 0 spiro atoms. The van der Waals surface area contributed by atoms with Gasteiger partial charge in [0, 0.05) is 5.56 Å². The van der Waals surface area contributed by atoms with Gasteiger partial charge in [-0.15, -0.1) is 0 Å². The van der Waals surface area contributed by atoms with Crippen molar-refractivity contribution < 1.29 is 19.2 Å². The standard InChI is InChI=1S/C24H31N3O3/c1-17-6-9-20(18(2)14-17)15-26(4)16-27-22(28)24(3,25-23(27)29)13-12-19-7-10-21(30-5)11-8-19/h6-11,14H,12-13,15-16H2,1-5H3,(H,25,29)/p+1/t24-/m1/s1. The maximum atomic E-state index is 13.1. The molecule has 0 bridgehead atoms. The lowest BCUT2D eigenvalue weighted by Crippen LogP contribution is -3.09. The molecule has 1 saturated heterocycles. The zero-order valence-electron chi connectivity index (χ0n) is 18.5. The van der Waals surface area contributed by atoms with E-state index in [1.54, 1.807) is 7.11 Å². The molecule has 0 aliphatic carbocycles. The Hall–Kier alpha value is -2.86. The summed E-state index contributed by atoms with van der Waals surface area (Å²) in [6.45, 7) is 7.09. The minimum absolute atomic E-state index is 0.152. The monoisotopic (exact) mass is 410 g/mol. The minimum atomic E-state index is -0.878. The van der Waals surface area contributed by atoms with Crippen LogP contribution in [0.1, 0.15) is 35.6 Å². The first kappa shape index (κ1) is 21.8. The number of urea groups is 1. The van der Waals surface area contributed by atoms with Crippen LogP contribution in [0.3, 0.4) is 0 Å². The van der Waals surface area contributed by atoms with E-state index >= 15 is 0 Å². The number of methoxy groups -OCH3 is 1. The van der Waals surface area contributed by atoms with E-state index < -0.39 is 5.54 Å². The molecule has 1 aliphatic heterocycles. The third kappa shape index (κ3) is 4.82. The number of ether oxygens (including phenoxy) is 1. The molecule has 0 radical (unpaired) electrons. The second-order valence-electron chi connectivity index (χ2n) is 8.57. The van der Waals surface area contributed by atoms with Gasteiger partial charge in [0.2, 0.25) is 0 Å². The predicted octanol–water partition coefficient (Wildman–Crippen LogP) is 2.23. The van der Waals surface area contributed by atoms with Gasteiger partial charge in [-0.25, -0.2) is 9.69 Å². The molecule has 2 N–H and O–H groups in total. The highest BCUT2D eigenvalue weighted by molar-refractivity contribution is 6.06. The molecule has 1 heterocycles. The van der Waals surface area contributed by atoms with Gasteiger partial charge in [0.05, 0.1) is 14.2 Å². The van der Waals surface area contributed by atoms with Crippen molar-refractivity contribution in [2.75, 3.05) is 20.8 Å². The number of amides is 3. The number of hydrogen-bond donors (Lipinski definition) is 2. The number of benzene rings is 2. The van der Waals surface area contributed by atoms with Gasteiger partial charge in [-0.05, 0) is 56.9 Å². The van der Waals surface area contributed by atoms with Crippen LogP contribution in [-0.2, 0) is 17.8 Å². The average Bonchev–Trinajstić information content (AvgIpc) is 2.92. The lowest BCUT2D eigenvalue weighted by atomic mass is 9.93. The molecule has 2 atom stereocenters. The van der Waals surface area contributed by atoms with Crippen LogP contribution >= 0.6 is 0 Å². The first-order valence-electron chi connectivity index (χ1n) is 10.4. The maximum Gasteiger partial charge on any atom is 0.329 e. The van der Waals surface area contributed by atoms with E-state index in [0.717, 1.165) is 22.8 Å². The molecule has 1 unspecified atom stereocenters. The first-order chi connectivity index (χ1) is 14.2. The average molecular weight is 411 g/mol. The molecule has 2 aromatic rings. The van der Waals surface area contributed by atoms with E-state index in [2.05, 4.69) is 37.4 Å². The number of quaternary nitrogens is 1. The largest absolute Gasteiger partial charge is 0.497 e. The fourth-order valence-electron chi connectivity index (χ4n) is 3.94. The molecule has 3 amide bonds. The van der Waals surface area contributed by atoms with Crippen molar-refractivity contribution in [2.24, 2.45) is 0 Å². The Morgan fingerprint density at radius 1 is 1.10 bits per heavy atom. The topological polar surface area (TPSA) is 63.1 Å². The van der Waals surface area contributed by atoms with E-state index in [0.29, 0.717) is 19.5 Å². The number of imide groups is 1. The molecular weight excluding hydrogens is 378 g/mol. The fourth-order valence-corrected chi connectivity index (χ4v) is 3.94. The summed E-state index contributed by atoms with van der Waals surface area (Å²) in [6, 6.07) is 13.9. The second kappa shape index (κ2) is 8.88. The highest BCUT2D eigenvalue weighted by atomic mass is 16.5. The number of aryl methyl sites for hydroxylation is 3. The number of nitrogens with zero attached hydrogens (tertiary/aromatic N) is 1. The molecule has 160 valence electrons. The van der Waals surface area contributed by atoms with Crippen LogP contribution in [0.4, 0.5) is 4.79 Å². The summed E-state index contributed by atoms with van der Waals surface area (Å²) >= 11 is 0. The van der Waals surface area contributed by atoms with Crippen LogP contribution in [0, 0.1) is 13.8 Å². The van der Waals surface area contributed by atoms with Gasteiger partial charge in [0.1, 0.15) is 17.8 Å². The predicted molar refractivity (Wildman–Crippen MR) is 116 cm³/mol. The van der Waals surface area contributed by atoms with Crippen LogP contribution in [0.5, 0.6) is 5.75 Å². The van der Waals surface area contributed by atoms with Crippen molar-refractivity contribution in [3.63, 3.8) is 0 Å². The molecule has 30 heavy (non-hydrogen) atoms. The van der Waals surface area contributed by atoms with Gasteiger partial charge in [-0.3, -0.25) is 4.79 Å². The summed E-state index contributed by atoms with van der Waals surface area (Å²) < 4.78 is 5.18. The molecule has 1 aliphatic rings. The van der Waals surface area contributed by atoms with E-state index in [1.165, 1.54) is 21.6 Å². The summed E-state index contributed by atoms with van der Waals surface area (Å²) in [6.07, 6.45) is 1.25. The summed E-state index contributed by atoms with van der Waals surface area (Å²) in [5, 5.41) is 2.91. The third-order valence-corrected chi connectivity index (χ3v) is 5.84. The van der Waals surface area contributed by atoms with Gasteiger partial charge in [-0.1, -0.05) is 35.9 Å². The van der Waals surface area contributed by atoms with Gasteiger partial charge in [0.15, 0.2) is 6.67 Å². The van der Waals surface area contributed by atoms with Gasteiger partial charge < -0.3 is 15.0 Å². The molecule has 1 fully saturated rings. The van der Waals surface area contributed by atoms with Crippen molar-refractivity contribution in [1.29, 1.82) is 0 Å². The normalized spacial score (nSPS) is 19.7. The Kier molecular flexibility index (Phi) is 6.46. The van der Waals surface area contributed by atoms with Crippen LogP contribution in [0.15, 0.2) is 42.5 Å². The van der Waals surface area contributed by atoms with Crippen molar-refractivity contribution in [2.45, 2.75) is 45.7 Å². The van der Waals surface area contributed by atoms with E-state index in [9.17, 15) is 9.59 Å². The summed E-state index contributed by atoms with van der Waals surface area (Å²) in [5.41, 5.74) is 3.92. The highest BCUT2D eigenvalue weighted by Gasteiger charge is 2.48. The van der Waals surface area contributed by atoms with E-state index in [-0.39, 0.29) is 11.9 Å².